The van der Waals surface area contributed by atoms with E-state index in [4.69, 9.17) is 0 Å². The van der Waals surface area contributed by atoms with Crippen LogP contribution in [0.2, 0.25) is 5.82 Å². The Morgan fingerprint density at radius 2 is 2.44 bits per heavy atom. The van der Waals surface area contributed by atoms with Gasteiger partial charge in [-0.25, -0.2) is 0 Å². The second kappa shape index (κ2) is 3.16. The van der Waals surface area contributed by atoms with E-state index in [2.05, 4.69) is 5.82 Å². The number of rotatable bonds is 2. The fourth-order valence-electron chi connectivity index (χ4n) is 0.547. The molecule has 0 aromatic carbocycles. The molecule has 0 saturated carbocycles. The standard InChI is InChI=1S/C6H6OSSe/c1-9-6-4-8-3-5(6)2-7/h2-4H,1H3. The normalized spacial score (nSPS) is 9.44. The summed E-state index contributed by atoms with van der Waals surface area (Å²) in [6.45, 7) is 0. The molecule has 1 aromatic rings. The number of aldehydes is 1. The molecule has 1 heterocycles. The molecule has 0 aliphatic rings. The van der Waals surface area contributed by atoms with Crippen LogP contribution in [0, 0.1) is 0 Å². The zero-order valence-electron chi connectivity index (χ0n) is 4.96. The molecule has 0 atom stereocenters. The van der Waals surface area contributed by atoms with Crippen LogP contribution in [0.1, 0.15) is 10.4 Å². The van der Waals surface area contributed by atoms with Crippen molar-refractivity contribution in [3.05, 3.63) is 16.3 Å². The van der Waals surface area contributed by atoms with Crippen LogP contribution in [0.25, 0.3) is 0 Å². The van der Waals surface area contributed by atoms with Crippen molar-refractivity contribution in [3.63, 3.8) is 0 Å². The van der Waals surface area contributed by atoms with E-state index in [0.717, 1.165) is 11.8 Å². The van der Waals surface area contributed by atoms with Crippen LogP contribution < -0.4 is 4.46 Å². The summed E-state index contributed by atoms with van der Waals surface area (Å²) in [5.74, 6) is 2.11. The molecule has 48 valence electrons. The molecule has 0 aliphatic carbocycles. The van der Waals surface area contributed by atoms with Gasteiger partial charge in [-0.15, -0.1) is 0 Å². The van der Waals surface area contributed by atoms with E-state index >= 15 is 0 Å². The Labute approximate surface area is 64.2 Å². The molecule has 0 bridgehead atoms. The molecule has 1 rings (SSSR count). The van der Waals surface area contributed by atoms with Gasteiger partial charge in [-0.1, -0.05) is 0 Å². The summed E-state index contributed by atoms with van der Waals surface area (Å²) in [5, 5.41) is 3.94. The molecule has 0 unspecified atom stereocenters. The minimum absolute atomic E-state index is 0.468. The summed E-state index contributed by atoms with van der Waals surface area (Å²) in [6.07, 6.45) is 0.928. The van der Waals surface area contributed by atoms with Crippen LogP contribution in [0.5, 0.6) is 0 Å². The van der Waals surface area contributed by atoms with E-state index in [0.29, 0.717) is 15.0 Å². The second-order valence-corrected chi connectivity index (χ2v) is 4.04. The zero-order valence-corrected chi connectivity index (χ0v) is 7.49. The summed E-state index contributed by atoms with van der Waals surface area (Å²) >= 11 is 2.07. The van der Waals surface area contributed by atoms with Gasteiger partial charge in [0.1, 0.15) is 0 Å². The van der Waals surface area contributed by atoms with Crippen LogP contribution >= 0.6 is 11.3 Å². The van der Waals surface area contributed by atoms with Crippen molar-refractivity contribution in [2.45, 2.75) is 5.82 Å². The molecule has 0 N–H and O–H groups in total. The van der Waals surface area contributed by atoms with E-state index in [1.165, 1.54) is 4.46 Å². The number of carbonyl (C=O) groups is 1. The fourth-order valence-corrected chi connectivity index (χ4v) is 3.14. The predicted octanol–water partition coefficient (Wildman–Crippen LogP) is 0.938. The van der Waals surface area contributed by atoms with Gasteiger partial charge in [0.05, 0.1) is 0 Å². The quantitative estimate of drug-likeness (QED) is 0.518. The van der Waals surface area contributed by atoms with Gasteiger partial charge >= 0.3 is 64.0 Å². The van der Waals surface area contributed by atoms with Gasteiger partial charge in [-0.2, -0.15) is 0 Å². The van der Waals surface area contributed by atoms with E-state index in [9.17, 15) is 4.79 Å². The molecule has 0 saturated heterocycles. The first-order valence-electron chi connectivity index (χ1n) is 2.44. The first-order valence-corrected chi connectivity index (χ1v) is 5.95. The first-order chi connectivity index (χ1) is 4.38. The Morgan fingerprint density at radius 3 is 2.89 bits per heavy atom. The first kappa shape index (κ1) is 7.00. The Morgan fingerprint density at radius 1 is 1.67 bits per heavy atom. The molecule has 0 spiro atoms. The average Bonchev–Trinajstić information content (AvgIpc) is 2.33. The van der Waals surface area contributed by atoms with Gasteiger partial charge in [-0.3, -0.25) is 0 Å². The predicted molar refractivity (Wildman–Crippen MR) is 41.0 cm³/mol. The fraction of sp³-hybridized carbons (Fsp3) is 0.167. The minimum atomic E-state index is 0.468. The van der Waals surface area contributed by atoms with Crippen LogP contribution in [0.3, 0.4) is 0 Å². The van der Waals surface area contributed by atoms with E-state index in [1.807, 2.05) is 10.8 Å². The molecule has 0 radical (unpaired) electrons. The molecule has 1 aromatic heterocycles. The summed E-state index contributed by atoms with van der Waals surface area (Å²) in [6, 6.07) is 0. The van der Waals surface area contributed by atoms with Gasteiger partial charge in [0, 0.05) is 0 Å². The summed E-state index contributed by atoms with van der Waals surface area (Å²) in [4.78, 5) is 10.3. The van der Waals surface area contributed by atoms with Crippen molar-refractivity contribution in [2.75, 3.05) is 0 Å². The summed E-state index contributed by atoms with van der Waals surface area (Å²) < 4.78 is 1.22. The van der Waals surface area contributed by atoms with Crippen molar-refractivity contribution in [2.24, 2.45) is 0 Å². The molecular formula is C6H6OSSe. The van der Waals surface area contributed by atoms with Gasteiger partial charge in [0.2, 0.25) is 0 Å². The van der Waals surface area contributed by atoms with Crippen molar-refractivity contribution >= 4 is 37.0 Å². The SMILES string of the molecule is C[Se]c1cscc1C=O. The van der Waals surface area contributed by atoms with Crippen LogP contribution in [0.15, 0.2) is 10.8 Å². The maximum absolute atomic E-state index is 10.3. The molecule has 1 nitrogen and oxygen atoms in total. The van der Waals surface area contributed by atoms with E-state index in [-0.39, 0.29) is 0 Å². The van der Waals surface area contributed by atoms with E-state index < -0.39 is 0 Å². The van der Waals surface area contributed by atoms with Crippen molar-refractivity contribution in [1.82, 2.24) is 0 Å². The molecule has 0 aliphatic heterocycles. The Kier molecular flexibility index (Phi) is 2.46. The Bertz CT molecular complexity index is 207. The van der Waals surface area contributed by atoms with Crippen LogP contribution in [-0.4, -0.2) is 21.2 Å². The third kappa shape index (κ3) is 1.42. The topological polar surface area (TPSA) is 17.1 Å². The number of hydrogen-bond acceptors (Lipinski definition) is 2. The monoisotopic (exact) mass is 206 g/mol. The van der Waals surface area contributed by atoms with Crippen LogP contribution in [-0.2, 0) is 0 Å². The summed E-state index contributed by atoms with van der Waals surface area (Å²) in [7, 11) is 0. The third-order valence-corrected chi connectivity index (χ3v) is 3.76. The number of thiophene rings is 1. The maximum atomic E-state index is 10.3. The Balaban J connectivity index is 2.98. The molecule has 0 amide bonds. The van der Waals surface area contributed by atoms with Crippen LogP contribution in [0.4, 0.5) is 0 Å². The molecular weight excluding hydrogens is 199 g/mol. The van der Waals surface area contributed by atoms with Crippen molar-refractivity contribution < 1.29 is 4.79 Å². The molecule has 0 fully saturated rings. The Hall–Kier alpha value is -0.111. The average molecular weight is 205 g/mol. The second-order valence-electron chi connectivity index (χ2n) is 1.51. The van der Waals surface area contributed by atoms with Crippen molar-refractivity contribution in [3.8, 4) is 0 Å². The van der Waals surface area contributed by atoms with Gasteiger partial charge in [0.15, 0.2) is 0 Å². The van der Waals surface area contributed by atoms with Gasteiger partial charge < -0.3 is 0 Å². The summed E-state index contributed by atoms with van der Waals surface area (Å²) in [5.41, 5.74) is 0.877. The molecule has 3 heteroatoms. The molecule has 9 heavy (non-hydrogen) atoms. The van der Waals surface area contributed by atoms with Crippen molar-refractivity contribution in [1.29, 1.82) is 0 Å². The van der Waals surface area contributed by atoms with Gasteiger partial charge in [0.25, 0.3) is 0 Å². The number of carbonyl (C=O) groups excluding carboxylic acids is 1. The number of hydrogen-bond donors (Lipinski definition) is 0. The zero-order chi connectivity index (χ0) is 6.69. The van der Waals surface area contributed by atoms with E-state index in [1.54, 1.807) is 11.3 Å². The third-order valence-electron chi connectivity index (χ3n) is 1.00. The van der Waals surface area contributed by atoms with Gasteiger partial charge in [-0.05, 0) is 0 Å².